The summed E-state index contributed by atoms with van der Waals surface area (Å²) in [5.74, 6) is 2.77. The number of carbonyl (C=O) groups is 1. The highest BCUT2D eigenvalue weighted by atomic mass is 16.5. The molecule has 2 aliphatic carbocycles. The maximum absolute atomic E-state index is 11.8. The third-order valence-electron chi connectivity index (χ3n) is 5.16. The van der Waals surface area contributed by atoms with Crippen molar-refractivity contribution >= 4 is 5.97 Å². The predicted octanol–water partition coefficient (Wildman–Crippen LogP) is 4.23. The van der Waals surface area contributed by atoms with Crippen LogP contribution >= 0.6 is 0 Å². The molecular weight excluding hydrogens is 266 g/mol. The van der Waals surface area contributed by atoms with E-state index in [1.165, 1.54) is 38.5 Å². The lowest BCUT2D eigenvalue weighted by Crippen LogP contribution is -2.26. The van der Waals surface area contributed by atoms with Crippen molar-refractivity contribution in [1.29, 1.82) is 0 Å². The molecule has 0 N–H and O–H groups in total. The molecule has 0 amide bonds. The van der Waals surface area contributed by atoms with E-state index in [0.29, 0.717) is 18.2 Å². The number of carbonyl (C=O) groups excluding carboxylic acids is 1. The van der Waals surface area contributed by atoms with Crippen LogP contribution in [-0.4, -0.2) is 17.6 Å². The largest absolute Gasteiger partial charge is 0.460 e. The molecule has 0 spiro atoms. The summed E-state index contributed by atoms with van der Waals surface area (Å²) in [5.41, 5.74) is 0.661. The van der Waals surface area contributed by atoms with E-state index in [1.54, 1.807) is 6.92 Å². The quantitative estimate of drug-likeness (QED) is 0.782. The number of aryl methyl sites for hydroxylation is 1. The van der Waals surface area contributed by atoms with Crippen LogP contribution in [0.4, 0.5) is 0 Å². The van der Waals surface area contributed by atoms with Crippen LogP contribution in [0, 0.1) is 18.8 Å². The summed E-state index contributed by atoms with van der Waals surface area (Å²) < 4.78 is 10.8. The van der Waals surface area contributed by atoms with Gasteiger partial charge in [0.2, 0.25) is 5.76 Å². The molecule has 3 unspecified atom stereocenters. The Hall–Kier alpha value is -1.32. The Balaban J connectivity index is 1.72. The monoisotopic (exact) mass is 291 g/mol. The van der Waals surface area contributed by atoms with E-state index in [4.69, 9.17) is 9.15 Å². The maximum atomic E-state index is 11.8. The summed E-state index contributed by atoms with van der Waals surface area (Å²) >= 11 is 0. The van der Waals surface area contributed by atoms with Gasteiger partial charge in [-0.1, -0.05) is 25.7 Å². The standard InChI is InChI=1S/C17H25NO3/c1-3-20-17(19)15-11(2)18-16(21-15)14-9-8-12-6-4-5-7-13(12)10-14/h12-14H,3-10H2,1-2H3. The van der Waals surface area contributed by atoms with Crippen LogP contribution < -0.4 is 0 Å². The first kappa shape index (κ1) is 14.6. The third-order valence-corrected chi connectivity index (χ3v) is 5.16. The van der Waals surface area contributed by atoms with Crippen molar-refractivity contribution in [3.05, 3.63) is 17.3 Å². The van der Waals surface area contributed by atoms with E-state index in [-0.39, 0.29) is 11.7 Å². The van der Waals surface area contributed by atoms with Gasteiger partial charge in [0.25, 0.3) is 0 Å². The summed E-state index contributed by atoms with van der Waals surface area (Å²) in [6.07, 6.45) is 9.12. The van der Waals surface area contributed by atoms with Crippen molar-refractivity contribution in [3.63, 3.8) is 0 Å². The number of oxazole rings is 1. The lowest BCUT2D eigenvalue weighted by atomic mass is 9.67. The second kappa shape index (κ2) is 6.20. The van der Waals surface area contributed by atoms with Gasteiger partial charge in [-0.15, -0.1) is 0 Å². The fraction of sp³-hybridized carbons (Fsp3) is 0.765. The van der Waals surface area contributed by atoms with Gasteiger partial charge >= 0.3 is 5.97 Å². The van der Waals surface area contributed by atoms with Gasteiger partial charge in [0.15, 0.2) is 5.89 Å². The normalized spacial score (nSPS) is 29.0. The Kier molecular flexibility index (Phi) is 4.32. The average Bonchev–Trinajstić information content (AvgIpc) is 2.89. The van der Waals surface area contributed by atoms with Crippen molar-refractivity contribution in [2.24, 2.45) is 11.8 Å². The zero-order chi connectivity index (χ0) is 14.8. The van der Waals surface area contributed by atoms with Gasteiger partial charge in [0.1, 0.15) is 0 Å². The molecule has 1 aromatic heterocycles. The summed E-state index contributed by atoms with van der Waals surface area (Å²) in [6.45, 7) is 3.99. The second-order valence-electron chi connectivity index (χ2n) is 6.50. The number of aromatic nitrogens is 1. The molecular formula is C17H25NO3. The zero-order valence-electron chi connectivity index (χ0n) is 13.1. The average molecular weight is 291 g/mol. The minimum atomic E-state index is -0.389. The van der Waals surface area contributed by atoms with Crippen molar-refractivity contribution in [2.75, 3.05) is 6.61 Å². The minimum absolute atomic E-state index is 0.289. The van der Waals surface area contributed by atoms with Crippen LogP contribution in [-0.2, 0) is 4.74 Å². The number of rotatable bonds is 3. The Morgan fingerprint density at radius 1 is 1.24 bits per heavy atom. The number of nitrogens with zero attached hydrogens (tertiary/aromatic N) is 1. The number of ether oxygens (including phenoxy) is 1. The lowest BCUT2D eigenvalue weighted by molar-refractivity contribution is 0.0484. The molecule has 1 aromatic rings. The smallest absolute Gasteiger partial charge is 0.376 e. The number of hydrogen-bond donors (Lipinski definition) is 0. The summed E-state index contributed by atoms with van der Waals surface area (Å²) in [4.78, 5) is 16.3. The Morgan fingerprint density at radius 2 is 2.00 bits per heavy atom. The topological polar surface area (TPSA) is 52.3 Å². The van der Waals surface area contributed by atoms with E-state index < -0.39 is 0 Å². The van der Waals surface area contributed by atoms with Gasteiger partial charge in [-0.25, -0.2) is 9.78 Å². The second-order valence-corrected chi connectivity index (χ2v) is 6.50. The van der Waals surface area contributed by atoms with Gasteiger partial charge in [0.05, 0.1) is 12.3 Å². The summed E-state index contributed by atoms with van der Waals surface area (Å²) in [7, 11) is 0. The van der Waals surface area contributed by atoms with E-state index in [2.05, 4.69) is 4.98 Å². The molecule has 2 saturated carbocycles. The molecule has 2 fully saturated rings. The minimum Gasteiger partial charge on any atom is -0.460 e. The highest BCUT2D eigenvalue weighted by molar-refractivity contribution is 5.87. The van der Waals surface area contributed by atoms with Crippen LogP contribution in [0.2, 0.25) is 0 Å². The van der Waals surface area contributed by atoms with Crippen molar-refractivity contribution in [1.82, 2.24) is 4.98 Å². The Morgan fingerprint density at radius 3 is 2.76 bits per heavy atom. The van der Waals surface area contributed by atoms with Crippen molar-refractivity contribution in [3.8, 4) is 0 Å². The first-order chi connectivity index (χ1) is 10.2. The highest BCUT2D eigenvalue weighted by Gasteiger charge is 2.35. The molecule has 1 heterocycles. The maximum Gasteiger partial charge on any atom is 0.376 e. The van der Waals surface area contributed by atoms with E-state index in [1.807, 2.05) is 6.92 Å². The van der Waals surface area contributed by atoms with Crippen LogP contribution in [0.1, 0.15) is 79.9 Å². The predicted molar refractivity (Wildman–Crippen MR) is 79.2 cm³/mol. The van der Waals surface area contributed by atoms with Crippen molar-refractivity contribution in [2.45, 2.75) is 64.7 Å². The molecule has 116 valence electrons. The molecule has 2 aliphatic rings. The van der Waals surface area contributed by atoms with Gasteiger partial charge < -0.3 is 9.15 Å². The van der Waals surface area contributed by atoms with Crippen LogP contribution in [0.25, 0.3) is 0 Å². The molecule has 21 heavy (non-hydrogen) atoms. The number of esters is 1. The van der Waals surface area contributed by atoms with Gasteiger partial charge in [-0.2, -0.15) is 0 Å². The van der Waals surface area contributed by atoms with Crippen molar-refractivity contribution < 1.29 is 13.9 Å². The van der Waals surface area contributed by atoms with E-state index in [0.717, 1.165) is 24.1 Å². The fourth-order valence-corrected chi connectivity index (χ4v) is 4.08. The molecule has 0 aromatic carbocycles. The fourth-order valence-electron chi connectivity index (χ4n) is 4.08. The van der Waals surface area contributed by atoms with Crippen LogP contribution in [0.15, 0.2) is 4.42 Å². The zero-order valence-corrected chi connectivity index (χ0v) is 13.1. The molecule has 3 atom stereocenters. The summed E-state index contributed by atoms with van der Waals surface area (Å²) in [5, 5.41) is 0. The molecule has 3 rings (SSSR count). The first-order valence-corrected chi connectivity index (χ1v) is 8.33. The summed E-state index contributed by atoms with van der Waals surface area (Å²) in [6, 6.07) is 0. The lowest BCUT2D eigenvalue weighted by Gasteiger charge is -2.38. The molecule has 0 bridgehead atoms. The molecule has 0 saturated heterocycles. The molecule has 4 heteroatoms. The van der Waals surface area contributed by atoms with Gasteiger partial charge in [-0.3, -0.25) is 0 Å². The number of hydrogen-bond acceptors (Lipinski definition) is 4. The Labute approximate surface area is 126 Å². The van der Waals surface area contributed by atoms with E-state index >= 15 is 0 Å². The molecule has 0 radical (unpaired) electrons. The molecule has 0 aliphatic heterocycles. The molecule has 4 nitrogen and oxygen atoms in total. The van der Waals surface area contributed by atoms with Gasteiger partial charge in [0, 0.05) is 5.92 Å². The Bertz CT molecular complexity index is 508. The van der Waals surface area contributed by atoms with Gasteiger partial charge in [-0.05, 0) is 44.9 Å². The van der Waals surface area contributed by atoms with E-state index in [9.17, 15) is 4.79 Å². The highest BCUT2D eigenvalue weighted by Crippen LogP contribution is 2.46. The first-order valence-electron chi connectivity index (χ1n) is 8.33. The SMILES string of the molecule is CCOC(=O)c1oc(C2CCC3CCCCC3C2)nc1C. The number of fused-ring (bicyclic) bond motifs is 1. The third kappa shape index (κ3) is 2.99. The van der Waals surface area contributed by atoms with Crippen LogP contribution in [0.5, 0.6) is 0 Å². The van der Waals surface area contributed by atoms with Crippen LogP contribution in [0.3, 0.4) is 0 Å².